The summed E-state index contributed by atoms with van der Waals surface area (Å²) in [4.78, 5) is 2.55. The van der Waals surface area contributed by atoms with Gasteiger partial charge < -0.3 is 9.32 Å². The standard InChI is InChI=1S/C62H39NO/c1-3-19-40(20-4-1)61(41-21-5-2-6-22-41)50-29-12-10-26-46(50)48-28-17-34-56(60(48)61)63(55-33-18-36-58-59(55)49-27-11-16-35-57(49)64-58)42-37-38-47-45-25-9-15-32-53(45)62(54(47)39-42)51-30-13-7-23-43(51)44-24-8-14-31-52(44)62/h1-39H. The average Bonchev–Trinajstić information content (AvgIpc) is 4.08. The van der Waals surface area contributed by atoms with E-state index >= 15 is 0 Å². The zero-order chi connectivity index (χ0) is 42.0. The molecule has 0 radical (unpaired) electrons. The lowest BCUT2D eigenvalue weighted by Crippen LogP contribution is -2.30. The molecule has 298 valence electrons. The maximum Gasteiger partial charge on any atom is 0.137 e. The van der Waals surface area contributed by atoms with Crippen LogP contribution in [0.15, 0.2) is 241 Å². The van der Waals surface area contributed by atoms with E-state index in [0.29, 0.717) is 0 Å². The molecular formula is C62H39NO. The summed E-state index contributed by atoms with van der Waals surface area (Å²) in [6, 6.07) is 87.8. The third-order valence-electron chi connectivity index (χ3n) is 14.6. The summed E-state index contributed by atoms with van der Waals surface area (Å²) in [6.07, 6.45) is 0. The molecule has 11 aromatic rings. The second-order valence-corrected chi connectivity index (χ2v) is 17.4. The van der Waals surface area contributed by atoms with Gasteiger partial charge in [-0.1, -0.05) is 200 Å². The fraction of sp³-hybridized carbons (Fsp3) is 0.0323. The van der Waals surface area contributed by atoms with E-state index in [0.717, 1.165) is 39.0 Å². The van der Waals surface area contributed by atoms with Gasteiger partial charge in [0.15, 0.2) is 0 Å². The maximum absolute atomic E-state index is 6.68. The number of furan rings is 1. The van der Waals surface area contributed by atoms with Crippen LogP contribution in [0.4, 0.5) is 17.1 Å². The van der Waals surface area contributed by atoms with Crippen LogP contribution >= 0.6 is 0 Å². The number of benzene rings is 10. The van der Waals surface area contributed by atoms with Crippen molar-refractivity contribution in [2.45, 2.75) is 10.8 Å². The third-order valence-corrected chi connectivity index (χ3v) is 14.6. The molecule has 0 saturated heterocycles. The molecule has 0 unspecified atom stereocenters. The monoisotopic (exact) mass is 813 g/mol. The number of fused-ring (bicyclic) bond motifs is 16. The summed E-state index contributed by atoms with van der Waals surface area (Å²) in [6.45, 7) is 0. The van der Waals surface area contributed by atoms with E-state index in [-0.39, 0.29) is 0 Å². The van der Waals surface area contributed by atoms with Crippen LogP contribution in [0.3, 0.4) is 0 Å². The van der Waals surface area contributed by atoms with E-state index in [1.165, 1.54) is 77.9 Å². The van der Waals surface area contributed by atoms with Crippen LogP contribution in [0.2, 0.25) is 0 Å². The summed E-state index contributed by atoms with van der Waals surface area (Å²) in [7, 11) is 0. The van der Waals surface area contributed by atoms with E-state index in [9.17, 15) is 0 Å². The maximum atomic E-state index is 6.68. The van der Waals surface area contributed by atoms with Crippen molar-refractivity contribution in [2.75, 3.05) is 4.90 Å². The minimum Gasteiger partial charge on any atom is -0.456 e. The van der Waals surface area contributed by atoms with Crippen molar-refractivity contribution < 1.29 is 4.42 Å². The quantitative estimate of drug-likeness (QED) is 0.172. The van der Waals surface area contributed by atoms with Crippen LogP contribution in [0.1, 0.15) is 44.5 Å². The highest BCUT2D eigenvalue weighted by atomic mass is 16.3. The Bertz CT molecular complexity index is 3590. The molecule has 3 aliphatic rings. The van der Waals surface area contributed by atoms with Crippen molar-refractivity contribution in [3.63, 3.8) is 0 Å². The van der Waals surface area contributed by atoms with Crippen molar-refractivity contribution in [1.29, 1.82) is 0 Å². The van der Waals surface area contributed by atoms with Crippen molar-refractivity contribution in [3.8, 4) is 33.4 Å². The number of hydrogen-bond acceptors (Lipinski definition) is 2. The van der Waals surface area contributed by atoms with Gasteiger partial charge in [0.25, 0.3) is 0 Å². The first kappa shape index (κ1) is 35.4. The normalized spacial score (nSPS) is 14.2. The summed E-state index contributed by atoms with van der Waals surface area (Å²) in [5.41, 5.74) is 21.8. The highest BCUT2D eigenvalue weighted by molar-refractivity contribution is 6.14. The fourth-order valence-corrected chi connectivity index (χ4v) is 12.2. The molecule has 0 atom stereocenters. The summed E-state index contributed by atoms with van der Waals surface area (Å²) < 4.78 is 6.68. The highest BCUT2D eigenvalue weighted by Crippen LogP contribution is 2.65. The molecule has 2 nitrogen and oxygen atoms in total. The SMILES string of the molecule is c1ccc(C2(c3ccccc3)c3ccccc3-c3cccc(N(c4ccc5c(c4)C4(c6ccccc6-c6ccccc64)c4ccccc4-5)c4cccc5oc6ccccc6c45)c32)cc1. The van der Waals surface area contributed by atoms with Crippen molar-refractivity contribution >= 4 is 39.0 Å². The van der Waals surface area contributed by atoms with E-state index in [1.807, 2.05) is 0 Å². The van der Waals surface area contributed by atoms with E-state index < -0.39 is 10.8 Å². The molecule has 2 heteroatoms. The van der Waals surface area contributed by atoms with Crippen LogP contribution in [-0.2, 0) is 10.8 Å². The topological polar surface area (TPSA) is 16.4 Å². The summed E-state index contributed by atoms with van der Waals surface area (Å²) in [5, 5.41) is 2.18. The molecule has 0 aliphatic heterocycles. The van der Waals surface area contributed by atoms with Gasteiger partial charge in [-0.05, 0) is 109 Å². The van der Waals surface area contributed by atoms with Gasteiger partial charge in [-0.15, -0.1) is 0 Å². The molecule has 10 aromatic carbocycles. The molecule has 0 saturated carbocycles. The van der Waals surface area contributed by atoms with Gasteiger partial charge in [0.1, 0.15) is 11.2 Å². The number of nitrogens with zero attached hydrogens (tertiary/aromatic N) is 1. The molecular weight excluding hydrogens is 775 g/mol. The number of anilines is 3. The Morgan fingerprint density at radius 3 is 1.39 bits per heavy atom. The Hall–Kier alpha value is -8.20. The zero-order valence-electron chi connectivity index (χ0n) is 34.9. The number of para-hydroxylation sites is 1. The molecule has 0 amide bonds. The van der Waals surface area contributed by atoms with Gasteiger partial charge in [0.05, 0.1) is 27.6 Å². The molecule has 0 N–H and O–H groups in total. The summed E-state index contributed by atoms with van der Waals surface area (Å²) in [5.74, 6) is 0. The predicted molar refractivity (Wildman–Crippen MR) is 262 cm³/mol. The average molecular weight is 814 g/mol. The van der Waals surface area contributed by atoms with Crippen molar-refractivity contribution in [3.05, 3.63) is 281 Å². The largest absolute Gasteiger partial charge is 0.456 e. The highest BCUT2D eigenvalue weighted by Gasteiger charge is 2.52. The zero-order valence-corrected chi connectivity index (χ0v) is 34.9. The molecule has 14 rings (SSSR count). The first-order chi connectivity index (χ1) is 31.8. The first-order valence-electron chi connectivity index (χ1n) is 22.3. The second-order valence-electron chi connectivity index (χ2n) is 17.4. The molecule has 1 spiro atoms. The van der Waals surface area contributed by atoms with E-state index in [4.69, 9.17) is 4.42 Å². The Kier molecular flexibility index (Phi) is 7.28. The fourth-order valence-electron chi connectivity index (χ4n) is 12.2. The minimum absolute atomic E-state index is 0.498. The van der Waals surface area contributed by atoms with Gasteiger partial charge in [0, 0.05) is 16.6 Å². The van der Waals surface area contributed by atoms with E-state index in [1.54, 1.807) is 0 Å². The molecule has 3 aliphatic carbocycles. The van der Waals surface area contributed by atoms with Crippen molar-refractivity contribution in [2.24, 2.45) is 0 Å². The smallest absolute Gasteiger partial charge is 0.137 e. The Balaban J connectivity index is 1.13. The lowest BCUT2D eigenvalue weighted by Gasteiger charge is -2.38. The van der Waals surface area contributed by atoms with Gasteiger partial charge in [0.2, 0.25) is 0 Å². The predicted octanol–water partition coefficient (Wildman–Crippen LogP) is 15.8. The molecule has 64 heavy (non-hydrogen) atoms. The second kappa shape index (κ2) is 13.2. The van der Waals surface area contributed by atoms with Gasteiger partial charge >= 0.3 is 0 Å². The molecule has 1 heterocycles. The van der Waals surface area contributed by atoms with Crippen LogP contribution in [0.25, 0.3) is 55.3 Å². The Morgan fingerprint density at radius 1 is 0.312 bits per heavy atom. The lowest BCUT2D eigenvalue weighted by atomic mass is 9.67. The van der Waals surface area contributed by atoms with Crippen LogP contribution < -0.4 is 4.90 Å². The van der Waals surface area contributed by atoms with Crippen molar-refractivity contribution in [1.82, 2.24) is 0 Å². The number of rotatable bonds is 5. The van der Waals surface area contributed by atoms with Crippen LogP contribution in [0.5, 0.6) is 0 Å². The first-order valence-corrected chi connectivity index (χ1v) is 22.3. The Labute approximate surface area is 372 Å². The van der Waals surface area contributed by atoms with Gasteiger partial charge in [-0.25, -0.2) is 0 Å². The van der Waals surface area contributed by atoms with Gasteiger partial charge in [-0.2, -0.15) is 0 Å². The lowest BCUT2D eigenvalue weighted by molar-refractivity contribution is 0.669. The Morgan fingerprint density at radius 2 is 0.766 bits per heavy atom. The molecule has 0 bridgehead atoms. The summed E-state index contributed by atoms with van der Waals surface area (Å²) >= 11 is 0. The van der Waals surface area contributed by atoms with Crippen LogP contribution in [-0.4, -0.2) is 0 Å². The molecule has 1 aromatic heterocycles. The third kappa shape index (κ3) is 4.44. The number of hydrogen-bond donors (Lipinski definition) is 0. The minimum atomic E-state index is -0.632. The van der Waals surface area contributed by atoms with Crippen LogP contribution in [0, 0.1) is 0 Å². The van der Waals surface area contributed by atoms with E-state index in [2.05, 4.69) is 241 Å². The van der Waals surface area contributed by atoms with Gasteiger partial charge in [-0.3, -0.25) is 0 Å². The molecule has 0 fully saturated rings.